The number of aliphatic hydroxyl groups is 1. The van der Waals surface area contributed by atoms with E-state index in [2.05, 4.69) is 4.98 Å². The Kier molecular flexibility index (Phi) is 5.40. The summed E-state index contributed by atoms with van der Waals surface area (Å²) in [4.78, 5) is 33.7. The summed E-state index contributed by atoms with van der Waals surface area (Å²) in [5, 5.41) is 9.58. The zero-order valence-electron chi connectivity index (χ0n) is 15.9. The van der Waals surface area contributed by atoms with Crippen LogP contribution in [-0.4, -0.2) is 51.4 Å². The summed E-state index contributed by atoms with van der Waals surface area (Å²) >= 11 is 0. The normalized spacial score (nSPS) is 20.0. The van der Waals surface area contributed by atoms with Gasteiger partial charge in [-0.1, -0.05) is 18.2 Å². The SMILES string of the molecule is O=C1C(c2ccc(F)cc2)=C(N2CCCC(CO)C2)C(=O)N1Cc1cccnc1. The number of aliphatic hydroxyl groups excluding tert-OH is 1. The maximum Gasteiger partial charge on any atom is 0.278 e. The number of piperidine rings is 1. The highest BCUT2D eigenvalue weighted by atomic mass is 19.1. The summed E-state index contributed by atoms with van der Waals surface area (Å²) < 4.78 is 13.4. The monoisotopic (exact) mass is 395 g/mol. The highest BCUT2D eigenvalue weighted by molar-refractivity contribution is 6.35. The predicted molar refractivity (Wildman–Crippen MR) is 104 cm³/mol. The van der Waals surface area contributed by atoms with Crippen LogP contribution in [0.3, 0.4) is 0 Å². The lowest BCUT2D eigenvalue weighted by Crippen LogP contribution is -2.40. The summed E-state index contributed by atoms with van der Waals surface area (Å²) in [5.74, 6) is -1.11. The van der Waals surface area contributed by atoms with Crippen LogP contribution in [-0.2, 0) is 16.1 Å². The fourth-order valence-electron chi connectivity index (χ4n) is 3.97. The number of amides is 2. The number of carbonyl (C=O) groups excluding carboxylic acids is 2. The average Bonchev–Trinajstić information content (AvgIpc) is 3.00. The van der Waals surface area contributed by atoms with E-state index in [9.17, 15) is 19.1 Å². The van der Waals surface area contributed by atoms with Gasteiger partial charge in [-0.2, -0.15) is 0 Å². The van der Waals surface area contributed by atoms with Crippen LogP contribution in [0.25, 0.3) is 5.57 Å². The van der Waals surface area contributed by atoms with E-state index in [1.165, 1.54) is 29.2 Å². The molecule has 29 heavy (non-hydrogen) atoms. The summed E-state index contributed by atoms with van der Waals surface area (Å²) in [7, 11) is 0. The first-order valence-electron chi connectivity index (χ1n) is 9.69. The second-order valence-corrected chi connectivity index (χ2v) is 7.43. The molecule has 0 saturated carbocycles. The molecule has 3 heterocycles. The van der Waals surface area contributed by atoms with Crippen molar-refractivity contribution >= 4 is 17.4 Å². The fraction of sp³-hybridized carbons (Fsp3) is 0.318. The highest BCUT2D eigenvalue weighted by Crippen LogP contribution is 2.34. The molecular formula is C22H22FN3O3. The van der Waals surface area contributed by atoms with Crippen LogP contribution >= 0.6 is 0 Å². The van der Waals surface area contributed by atoms with Crippen molar-refractivity contribution in [1.82, 2.24) is 14.8 Å². The van der Waals surface area contributed by atoms with Crippen LogP contribution in [0.15, 0.2) is 54.5 Å². The van der Waals surface area contributed by atoms with Crippen molar-refractivity contribution in [3.05, 3.63) is 71.4 Å². The van der Waals surface area contributed by atoms with Gasteiger partial charge in [-0.15, -0.1) is 0 Å². The van der Waals surface area contributed by atoms with E-state index in [0.29, 0.717) is 24.4 Å². The van der Waals surface area contributed by atoms with Gasteiger partial charge in [0.15, 0.2) is 0 Å². The molecule has 1 unspecified atom stereocenters. The van der Waals surface area contributed by atoms with Gasteiger partial charge in [0.05, 0.1) is 12.1 Å². The van der Waals surface area contributed by atoms with E-state index >= 15 is 0 Å². The molecule has 0 spiro atoms. The molecule has 150 valence electrons. The second-order valence-electron chi connectivity index (χ2n) is 7.43. The fourth-order valence-corrected chi connectivity index (χ4v) is 3.97. The Morgan fingerprint density at radius 1 is 1.14 bits per heavy atom. The molecule has 1 atom stereocenters. The van der Waals surface area contributed by atoms with Crippen molar-refractivity contribution in [2.75, 3.05) is 19.7 Å². The van der Waals surface area contributed by atoms with E-state index < -0.39 is 11.7 Å². The highest BCUT2D eigenvalue weighted by Gasteiger charge is 2.42. The molecule has 7 heteroatoms. The lowest BCUT2D eigenvalue weighted by Gasteiger charge is -2.34. The van der Waals surface area contributed by atoms with Gasteiger partial charge < -0.3 is 10.0 Å². The first kappa shape index (κ1) is 19.3. The molecule has 2 aromatic rings. The molecule has 1 saturated heterocycles. The summed E-state index contributed by atoms with van der Waals surface area (Å²) in [6.07, 6.45) is 4.97. The van der Waals surface area contributed by atoms with Crippen molar-refractivity contribution in [2.24, 2.45) is 5.92 Å². The van der Waals surface area contributed by atoms with Crippen LogP contribution in [0.1, 0.15) is 24.0 Å². The third-order valence-corrected chi connectivity index (χ3v) is 5.43. The van der Waals surface area contributed by atoms with Crippen LogP contribution < -0.4 is 0 Å². The molecule has 1 fully saturated rings. The van der Waals surface area contributed by atoms with Gasteiger partial charge >= 0.3 is 0 Å². The van der Waals surface area contributed by atoms with Crippen LogP contribution in [0.4, 0.5) is 4.39 Å². The number of aromatic nitrogens is 1. The number of carbonyl (C=O) groups is 2. The molecule has 1 aromatic carbocycles. The quantitative estimate of drug-likeness (QED) is 0.786. The number of benzene rings is 1. The molecule has 1 aromatic heterocycles. The maximum atomic E-state index is 13.4. The van der Waals surface area contributed by atoms with E-state index in [1.54, 1.807) is 18.5 Å². The van der Waals surface area contributed by atoms with E-state index in [4.69, 9.17) is 0 Å². The van der Waals surface area contributed by atoms with Gasteiger partial charge in [0.25, 0.3) is 11.8 Å². The van der Waals surface area contributed by atoms with Gasteiger partial charge in [-0.3, -0.25) is 19.5 Å². The van der Waals surface area contributed by atoms with Gasteiger partial charge in [-0.25, -0.2) is 4.39 Å². The van der Waals surface area contributed by atoms with E-state index in [0.717, 1.165) is 18.4 Å². The Morgan fingerprint density at radius 3 is 2.62 bits per heavy atom. The second kappa shape index (κ2) is 8.13. The minimum absolute atomic E-state index is 0.0389. The zero-order valence-corrected chi connectivity index (χ0v) is 15.9. The van der Waals surface area contributed by atoms with Crippen LogP contribution in [0, 0.1) is 11.7 Å². The van der Waals surface area contributed by atoms with Gasteiger partial charge in [0.1, 0.15) is 11.5 Å². The largest absolute Gasteiger partial charge is 0.396 e. The molecule has 2 aliphatic rings. The predicted octanol–water partition coefficient (Wildman–Crippen LogP) is 2.21. The third-order valence-electron chi connectivity index (χ3n) is 5.43. The van der Waals surface area contributed by atoms with Gasteiger partial charge in [-0.05, 0) is 48.1 Å². The molecule has 0 bridgehead atoms. The zero-order chi connectivity index (χ0) is 20.4. The van der Waals surface area contributed by atoms with Crippen LogP contribution in [0.5, 0.6) is 0 Å². The number of hydrogen-bond acceptors (Lipinski definition) is 5. The van der Waals surface area contributed by atoms with E-state index in [1.807, 2.05) is 11.0 Å². The molecular weight excluding hydrogens is 373 g/mol. The molecule has 0 aliphatic carbocycles. The number of nitrogens with zero attached hydrogens (tertiary/aromatic N) is 3. The van der Waals surface area contributed by atoms with Crippen molar-refractivity contribution < 1.29 is 19.1 Å². The van der Waals surface area contributed by atoms with Crippen molar-refractivity contribution in [1.29, 1.82) is 0 Å². The summed E-state index contributed by atoms with van der Waals surface area (Å²) in [6.45, 7) is 1.31. The number of imide groups is 1. The van der Waals surface area contributed by atoms with Gasteiger partial charge in [0, 0.05) is 32.1 Å². The molecule has 6 nitrogen and oxygen atoms in total. The Hall–Kier alpha value is -3.06. The smallest absolute Gasteiger partial charge is 0.278 e. The van der Waals surface area contributed by atoms with E-state index in [-0.39, 0.29) is 30.5 Å². The lowest BCUT2D eigenvalue weighted by molar-refractivity contribution is -0.138. The Bertz CT molecular complexity index is 944. The number of hydrogen-bond donors (Lipinski definition) is 1. The van der Waals surface area contributed by atoms with Crippen molar-refractivity contribution in [3.63, 3.8) is 0 Å². The molecule has 1 N–H and O–H groups in total. The first-order valence-corrected chi connectivity index (χ1v) is 9.69. The topological polar surface area (TPSA) is 73.7 Å². The lowest BCUT2D eigenvalue weighted by atomic mass is 9.97. The number of halogens is 1. The van der Waals surface area contributed by atoms with Gasteiger partial charge in [0.2, 0.25) is 0 Å². The number of rotatable bonds is 5. The third kappa shape index (κ3) is 3.78. The Balaban J connectivity index is 1.73. The molecule has 0 radical (unpaired) electrons. The molecule has 4 rings (SSSR count). The average molecular weight is 395 g/mol. The Morgan fingerprint density at radius 2 is 1.93 bits per heavy atom. The standard InChI is InChI=1S/C22H22FN3O3/c23-18-7-5-17(6-8-18)19-20(25-10-2-4-16(12-25)14-27)22(29)26(21(19)28)13-15-3-1-9-24-11-15/h1,3,5-9,11,16,27H,2,4,10,12-14H2. The minimum atomic E-state index is -0.404. The number of likely N-dealkylation sites (tertiary alicyclic amines) is 1. The maximum absolute atomic E-state index is 13.4. The summed E-state index contributed by atoms with van der Waals surface area (Å²) in [5.41, 5.74) is 1.89. The van der Waals surface area contributed by atoms with Crippen LogP contribution in [0.2, 0.25) is 0 Å². The first-order chi connectivity index (χ1) is 14.1. The van der Waals surface area contributed by atoms with Crippen molar-refractivity contribution in [3.8, 4) is 0 Å². The molecule has 2 aliphatic heterocycles. The number of pyridine rings is 1. The minimum Gasteiger partial charge on any atom is -0.396 e. The van der Waals surface area contributed by atoms with Crippen molar-refractivity contribution in [2.45, 2.75) is 19.4 Å². The molecule has 2 amide bonds. The summed E-state index contributed by atoms with van der Waals surface area (Å²) in [6, 6.07) is 9.19. The Labute approximate surface area is 168 Å².